The van der Waals surface area contributed by atoms with Gasteiger partial charge in [0.15, 0.2) is 0 Å². The first-order valence-electron chi connectivity index (χ1n) is 6.92. The van der Waals surface area contributed by atoms with Crippen molar-refractivity contribution in [3.05, 3.63) is 56.3 Å². The first-order valence-corrected chi connectivity index (χ1v) is 8.89. The van der Waals surface area contributed by atoms with Gasteiger partial charge in [-0.25, -0.2) is 8.78 Å². The third-order valence-electron chi connectivity index (χ3n) is 3.81. The summed E-state index contributed by atoms with van der Waals surface area (Å²) in [5.41, 5.74) is 2.07. The summed E-state index contributed by atoms with van der Waals surface area (Å²) in [6, 6.07) is 4.45. The van der Waals surface area contributed by atoms with Gasteiger partial charge in [0.05, 0.1) is 6.04 Å². The Morgan fingerprint density at radius 1 is 1.19 bits per heavy atom. The molecule has 0 aliphatic carbocycles. The van der Waals surface area contributed by atoms with E-state index in [9.17, 15) is 8.78 Å². The van der Waals surface area contributed by atoms with Crippen molar-refractivity contribution in [3.8, 4) is 0 Å². The standard InChI is InChI=1S/C16H17F2NS2/c1-9-5-13(18)11(7-12(9)17)16(19-2)15-6-10-8-20-4-3-14(10)21-15/h5-7,16,19H,3-4,8H2,1-2H3. The van der Waals surface area contributed by atoms with E-state index in [1.54, 1.807) is 25.3 Å². The number of benzene rings is 1. The van der Waals surface area contributed by atoms with Crippen LogP contribution in [-0.2, 0) is 12.2 Å². The van der Waals surface area contributed by atoms with Crippen LogP contribution in [0.1, 0.15) is 32.5 Å². The van der Waals surface area contributed by atoms with E-state index >= 15 is 0 Å². The van der Waals surface area contributed by atoms with Gasteiger partial charge in [-0.1, -0.05) is 0 Å². The van der Waals surface area contributed by atoms with Crippen LogP contribution in [0.25, 0.3) is 0 Å². The second-order valence-corrected chi connectivity index (χ2v) is 7.52. The molecule has 1 aromatic carbocycles. The summed E-state index contributed by atoms with van der Waals surface area (Å²) in [6.45, 7) is 1.58. The number of fused-ring (bicyclic) bond motifs is 1. The molecule has 1 aliphatic heterocycles. The fourth-order valence-electron chi connectivity index (χ4n) is 2.65. The zero-order chi connectivity index (χ0) is 15.0. The Morgan fingerprint density at radius 3 is 2.71 bits per heavy atom. The predicted octanol–water partition coefficient (Wildman–Crippen LogP) is 4.43. The molecule has 1 nitrogen and oxygen atoms in total. The molecule has 5 heteroatoms. The monoisotopic (exact) mass is 325 g/mol. The van der Waals surface area contributed by atoms with Crippen LogP contribution in [0.15, 0.2) is 18.2 Å². The molecule has 0 radical (unpaired) electrons. The minimum absolute atomic E-state index is 0.291. The lowest BCUT2D eigenvalue weighted by Gasteiger charge is -2.16. The molecule has 1 aliphatic rings. The van der Waals surface area contributed by atoms with Crippen molar-refractivity contribution in [2.24, 2.45) is 0 Å². The lowest BCUT2D eigenvalue weighted by atomic mass is 10.0. The Balaban J connectivity index is 2.02. The lowest BCUT2D eigenvalue weighted by Crippen LogP contribution is -2.18. The molecule has 112 valence electrons. The van der Waals surface area contributed by atoms with Gasteiger partial charge in [-0.05, 0) is 55.5 Å². The highest BCUT2D eigenvalue weighted by Crippen LogP contribution is 2.37. The molecule has 0 saturated heterocycles. The van der Waals surface area contributed by atoms with Crippen LogP contribution in [0, 0.1) is 18.6 Å². The van der Waals surface area contributed by atoms with E-state index in [1.165, 1.54) is 22.6 Å². The fraction of sp³-hybridized carbons (Fsp3) is 0.375. The number of aryl methyl sites for hydroxylation is 2. The number of rotatable bonds is 3. The largest absolute Gasteiger partial charge is 0.309 e. The average molecular weight is 325 g/mol. The number of hydrogen-bond donors (Lipinski definition) is 1. The van der Waals surface area contributed by atoms with Crippen molar-refractivity contribution in [3.63, 3.8) is 0 Å². The summed E-state index contributed by atoms with van der Waals surface area (Å²) in [4.78, 5) is 2.45. The average Bonchev–Trinajstić information content (AvgIpc) is 2.88. The van der Waals surface area contributed by atoms with Crippen molar-refractivity contribution in [1.29, 1.82) is 0 Å². The summed E-state index contributed by atoms with van der Waals surface area (Å²) in [6.07, 6.45) is 1.08. The number of nitrogens with one attached hydrogen (secondary N) is 1. The maximum Gasteiger partial charge on any atom is 0.128 e. The molecule has 1 aromatic heterocycles. The normalized spacial score (nSPS) is 15.8. The van der Waals surface area contributed by atoms with Gasteiger partial charge in [0.2, 0.25) is 0 Å². The van der Waals surface area contributed by atoms with Crippen LogP contribution < -0.4 is 5.32 Å². The molecule has 2 heterocycles. The van der Waals surface area contributed by atoms with Crippen LogP contribution in [0.2, 0.25) is 0 Å². The van der Waals surface area contributed by atoms with Gasteiger partial charge in [-0.3, -0.25) is 0 Å². The van der Waals surface area contributed by atoms with Crippen molar-refractivity contribution in [2.45, 2.75) is 25.1 Å². The third kappa shape index (κ3) is 2.87. The topological polar surface area (TPSA) is 12.0 Å². The molecule has 1 unspecified atom stereocenters. The van der Waals surface area contributed by atoms with Gasteiger partial charge in [0.25, 0.3) is 0 Å². The molecular weight excluding hydrogens is 308 g/mol. The van der Waals surface area contributed by atoms with E-state index in [0.29, 0.717) is 11.1 Å². The molecule has 0 spiro atoms. The van der Waals surface area contributed by atoms with Crippen molar-refractivity contribution < 1.29 is 8.78 Å². The Bertz CT molecular complexity index is 643. The van der Waals surface area contributed by atoms with Gasteiger partial charge < -0.3 is 5.32 Å². The second kappa shape index (κ2) is 6.07. The molecular formula is C16H17F2NS2. The summed E-state index contributed by atoms with van der Waals surface area (Å²) in [5, 5.41) is 3.13. The molecule has 0 fully saturated rings. The van der Waals surface area contributed by atoms with Crippen LogP contribution >= 0.6 is 23.1 Å². The quantitative estimate of drug-likeness (QED) is 0.896. The van der Waals surface area contributed by atoms with E-state index in [-0.39, 0.29) is 17.7 Å². The first kappa shape index (κ1) is 15.0. The molecule has 3 rings (SSSR count). The smallest absolute Gasteiger partial charge is 0.128 e. The zero-order valence-electron chi connectivity index (χ0n) is 12.0. The third-order valence-corrected chi connectivity index (χ3v) is 6.12. The Kier molecular flexibility index (Phi) is 4.33. The van der Waals surface area contributed by atoms with E-state index in [2.05, 4.69) is 11.4 Å². The van der Waals surface area contributed by atoms with Crippen LogP contribution in [0.4, 0.5) is 8.78 Å². The van der Waals surface area contributed by atoms with Crippen molar-refractivity contribution >= 4 is 23.1 Å². The van der Waals surface area contributed by atoms with Gasteiger partial charge >= 0.3 is 0 Å². The maximum atomic E-state index is 14.2. The van der Waals surface area contributed by atoms with E-state index < -0.39 is 0 Å². The van der Waals surface area contributed by atoms with Crippen molar-refractivity contribution in [1.82, 2.24) is 5.32 Å². The van der Waals surface area contributed by atoms with Gasteiger partial charge in [-0.2, -0.15) is 11.8 Å². The van der Waals surface area contributed by atoms with E-state index in [0.717, 1.165) is 22.8 Å². The lowest BCUT2D eigenvalue weighted by molar-refractivity contribution is 0.556. The second-order valence-electron chi connectivity index (χ2n) is 5.24. The van der Waals surface area contributed by atoms with E-state index in [4.69, 9.17) is 0 Å². The number of thioether (sulfide) groups is 1. The zero-order valence-corrected chi connectivity index (χ0v) is 13.6. The molecule has 1 atom stereocenters. The SMILES string of the molecule is CNC(c1cc2c(s1)CCSC2)c1cc(F)c(C)cc1F. The fourth-order valence-corrected chi connectivity index (χ4v) is 5.15. The predicted molar refractivity (Wildman–Crippen MR) is 86.2 cm³/mol. The maximum absolute atomic E-state index is 14.2. The van der Waals surface area contributed by atoms with Gasteiger partial charge in [0, 0.05) is 21.1 Å². The Labute approximate surface area is 131 Å². The summed E-state index contributed by atoms with van der Waals surface area (Å²) < 4.78 is 28.0. The van der Waals surface area contributed by atoms with Crippen molar-refractivity contribution in [2.75, 3.05) is 12.8 Å². The molecule has 0 amide bonds. The summed E-state index contributed by atoms with van der Waals surface area (Å²) in [7, 11) is 1.79. The molecule has 0 saturated carbocycles. The Morgan fingerprint density at radius 2 is 2.00 bits per heavy atom. The molecule has 2 aromatic rings. The van der Waals surface area contributed by atoms with Crippen LogP contribution in [0.5, 0.6) is 0 Å². The van der Waals surface area contributed by atoms with Crippen LogP contribution in [0.3, 0.4) is 0 Å². The molecule has 0 bridgehead atoms. The number of halogens is 2. The summed E-state index contributed by atoms with van der Waals surface area (Å²) in [5.74, 6) is 1.45. The minimum Gasteiger partial charge on any atom is -0.309 e. The highest BCUT2D eigenvalue weighted by Gasteiger charge is 2.23. The van der Waals surface area contributed by atoms with Gasteiger partial charge in [-0.15, -0.1) is 11.3 Å². The first-order chi connectivity index (χ1) is 10.1. The minimum atomic E-state index is -0.358. The highest BCUT2D eigenvalue weighted by atomic mass is 32.2. The number of hydrogen-bond acceptors (Lipinski definition) is 3. The highest BCUT2D eigenvalue weighted by molar-refractivity contribution is 7.98. The molecule has 1 N–H and O–H groups in total. The Hall–Kier alpha value is -0.910. The number of thiophene rings is 1. The van der Waals surface area contributed by atoms with Gasteiger partial charge in [0.1, 0.15) is 11.6 Å². The summed E-state index contributed by atoms with van der Waals surface area (Å²) >= 11 is 3.64. The van der Waals surface area contributed by atoms with E-state index in [1.807, 2.05) is 11.8 Å². The van der Waals surface area contributed by atoms with Crippen LogP contribution in [-0.4, -0.2) is 12.8 Å². The molecule has 21 heavy (non-hydrogen) atoms.